The molecule has 1 unspecified atom stereocenters. The zero-order valence-electron chi connectivity index (χ0n) is 9.23. The minimum atomic E-state index is 0.439. The summed E-state index contributed by atoms with van der Waals surface area (Å²) in [6.45, 7) is 8.13. The zero-order chi connectivity index (χ0) is 9.73. The second kappa shape index (κ2) is 5.26. The number of rotatable bonds is 3. The van der Waals surface area contributed by atoms with E-state index < -0.39 is 0 Å². The standard InChI is InChI=1S/C11H23NS/c1-11(2,3)13-9-7-10-6-4-5-8-12-10/h10,12H,4-9H2,1-3H3. The van der Waals surface area contributed by atoms with Crippen LogP contribution in [0.4, 0.5) is 0 Å². The van der Waals surface area contributed by atoms with E-state index in [-0.39, 0.29) is 0 Å². The Morgan fingerprint density at radius 2 is 2.08 bits per heavy atom. The Morgan fingerprint density at radius 3 is 2.62 bits per heavy atom. The van der Waals surface area contributed by atoms with E-state index in [4.69, 9.17) is 0 Å². The van der Waals surface area contributed by atoms with Gasteiger partial charge in [0.25, 0.3) is 0 Å². The topological polar surface area (TPSA) is 12.0 Å². The summed E-state index contributed by atoms with van der Waals surface area (Å²) in [7, 11) is 0. The molecule has 1 heterocycles. The van der Waals surface area contributed by atoms with Gasteiger partial charge in [-0.25, -0.2) is 0 Å². The van der Waals surface area contributed by atoms with E-state index in [1.165, 1.54) is 38.0 Å². The predicted octanol–water partition coefficient (Wildman–Crippen LogP) is 3.05. The molecule has 0 bridgehead atoms. The first-order valence-electron chi connectivity index (χ1n) is 5.45. The quantitative estimate of drug-likeness (QED) is 0.753. The Hall–Kier alpha value is 0.310. The average molecular weight is 201 g/mol. The molecular weight excluding hydrogens is 178 g/mol. The molecule has 1 rings (SSSR count). The van der Waals surface area contributed by atoms with E-state index in [2.05, 4.69) is 37.8 Å². The summed E-state index contributed by atoms with van der Waals surface area (Å²) >= 11 is 2.09. The van der Waals surface area contributed by atoms with Crippen molar-refractivity contribution < 1.29 is 0 Å². The Bertz CT molecular complexity index is 134. The van der Waals surface area contributed by atoms with Crippen LogP contribution in [-0.2, 0) is 0 Å². The fraction of sp³-hybridized carbons (Fsp3) is 1.00. The summed E-state index contributed by atoms with van der Waals surface area (Å²) in [6.07, 6.45) is 5.55. The van der Waals surface area contributed by atoms with Gasteiger partial charge in [0.1, 0.15) is 0 Å². The SMILES string of the molecule is CC(C)(C)SCCC1CCCCN1. The summed E-state index contributed by atoms with van der Waals surface area (Å²) in [5.74, 6) is 1.31. The lowest BCUT2D eigenvalue weighted by atomic mass is 10.0. The molecule has 1 aliphatic rings. The molecule has 1 saturated heterocycles. The maximum absolute atomic E-state index is 3.59. The summed E-state index contributed by atoms with van der Waals surface area (Å²) in [5, 5.41) is 3.59. The van der Waals surface area contributed by atoms with Crippen molar-refractivity contribution in [3.8, 4) is 0 Å². The molecule has 0 aromatic rings. The molecule has 1 atom stereocenters. The molecule has 0 radical (unpaired) electrons. The van der Waals surface area contributed by atoms with Crippen LogP contribution in [0, 0.1) is 0 Å². The highest BCUT2D eigenvalue weighted by molar-refractivity contribution is 8.00. The number of hydrogen-bond acceptors (Lipinski definition) is 2. The molecule has 0 saturated carbocycles. The van der Waals surface area contributed by atoms with Crippen LogP contribution in [0.15, 0.2) is 0 Å². The molecule has 1 nitrogen and oxygen atoms in total. The third kappa shape index (κ3) is 5.58. The molecule has 13 heavy (non-hydrogen) atoms. The molecule has 0 aliphatic carbocycles. The van der Waals surface area contributed by atoms with Crippen LogP contribution in [0.5, 0.6) is 0 Å². The lowest BCUT2D eigenvalue weighted by Crippen LogP contribution is -2.34. The Kier molecular flexibility index (Phi) is 4.60. The molecule has 1 N–H and O–H groups in total. The minimum absolute atomic E-state index is 0.439. The normalized spacial score (nSPS) is 24.7. The maximum atomic E-state index is 3.59. The number of hydrogen-bond donors (Lipinski definition) is 1. The van der Waals surface area contributed by atoms with Crippen LogP contribution < -0.4 is 5.32 Å². The summed E-state index contributed by atoms with van der Waals surface area (Å²) < 4.78 is 0.439. The molecule has 0 aromatic carbocycles. The predicted molar refractivity (Wildman–Crippen MR) is 62.5 cm³/mol. The minimum Gasteiger partial charge on any atom is -0.314 e. The first-order valence-corrected chi connectivity index (χ1v) is 6.44. The van der Waals surface area contributed by atoms with Crippen molar-refractivity contribution in [1.29, 1.82) is 0 Å². The van der Waals surface area contributed by atoms with E-state index in [0.29, 0.717) is 4.75 Å². The van der Waals surface area contributed by atoms with E-state index in [1.807, 2.05) is 0 Å². The van der Waals surface area contributed by atoms with Gasteiger partial charge in [-0.15, -0.1) is 0 Å². The molecule has 1 aliphatic heterocycles. The van der Waals surface area contributed by atoms with Gasteiger partial charge in [-0.2, -0.15) is 11.8 Å². The first-order chi connectivity index (χ1) is 6.08. The van der Waals surface area contributed by atoms with Crippen molar-refractivity contribution in [3.05, 3.63) is 0 Å². The lowest BCUT2D eigenvalue weighted by Gasteiger charge is -2.25. The monoisotopic (exact) mass is 201 g/mol. The van der Waals surface area contributed by atoms with E-state index in [1.54, 1.807) is 0 Å². The van der Waals surface area contributed by atoms with Crippen molar-refractivity contribution in [2.24, 2.45) is 0 Å². The van der Waals surface area contributed by atoms with Crippen molar-refractivity contribution in [3.63, 3.8) is 0 Å². The van der Waals surface area contributed by atoms with Crippen LogP contribution in [0.2, 0.25) is 0 Å². The van der Waals surface area contributed by atoms with Crippen LogP contribution in [-0.4, -0.2) is 23.1 Å². The molecule has 2 heteroatoms. The Balaban J connectivity index is 2.04. The molecule has 78 valence electrons. The number of thioether (sulfide) groups is 1. The molecule has 0 aromatic heterocycles. The summed E-state index contributed by atoms with van der Waals surface area (Å²) in [5.41, 5.74) is 0. The van der Waals surface area contributed by atoms with Gasteiger partial charge in [0.15, 0.2) is 0 Å². The van der Waals surface area contributed by atoms with Gasteiger partial charge in [-0.1, -0.05) is 27.2 Å². The van der Waals surface area contributed by atoms with Gasteiger partial charge in [-0.3, -0.25) is 0 Å². The van der Waals surface area contributed by atoms with E-state index in [9.17, 15) is 0 Å². The fourth-order valence-corrected chi connectivity index (χ4v) is 2.69. The summed E-state index contributed by atoms with van der Waals surface area (Å²) in [6, 6.07) is 0.809. The third-order valence-corrected chi connectivity index (χ3v) is 3.72. The highest BCUT2D eigenvalue weighted by atomic mass is 32.2. The number of piperidine rings is 1. The van der Waals surface area contributed by atoms with E-state index in [0.717, 1.165) is 6.04 Å². The van der Waals surface area contributed by atoms with Gasteiger partial charge in [0, 0.05) is 10.8 Å². The highest BCUT2D eigenvalue weighted by Gasteiger charge is 2.14. The van der Waals surface area contributed by atoms with Crippen LogP contribution in [0.1, 0.15) is 46.5 Å². The average Bonchev–Trinajstić information content (AvgIpc) is 2.04. The van der Waals surface area contributed by atoms with Gasteiger partial charge >= 0.3 is 0 Å². The molecule has 0 amide bonds. The second-order valence-electron chi connectivity index (χ2n) is 4.90. The fourth-order valence-electron chi connectivity index (χ4n) is 1.68. The largest absolute Gasteiger partial charge is 0.314 e. The van der Waals surface area contributed by atoms with Crippen molar-refractivity contribution in [2.75, 3.05) is 12.3 Å². The van der Waals surface area contributed by atoms with Crippen LogP contribution in [0.25, 0.3) is 0 Å². The van der Waals surface area contributed by atoms with Gasteiger partial charge in [0.2, 0.25) is 0 Å². The van der Waals surface area contributed by atoms with Crippen LogP contribution in [0.3, 0.4) is 0 Å². The smallest absolute Gasteiger partial charge is 0.00751 e. The molecule has 0 spiro atoms. The lowest BCUT2D eigenvalue weighted by molar-refractivity contribution is 0.394. The highest BCUT2D eigenvalue weighted by Crippen LogP contribution is 2.25. The maximum Gasteiger partial charge on any atom is 0.00751 e. The van der Waals surface area contributed by atoms with Gasteiger partial charge in [0.05, 0.1) is 0 Å². The number of nitrogens with one attached hydrogen (secondary N) is 1. The van der Waals surface area contributed by atoms with Crippen LogP contribution >= 0.6 is 11.8 Å². The van der Waals surface area contributed by atoms with Gasteiger partial charge < -0.3 is 5.32 Å². The first kappa shape index (κ1) is 11.4. The molecule has 1 fully saturated rings. The zero-order valence-corrected chi connectivity index (χ0v) is 10.0. The second-order valence-corrected chi connectivity index (χ2v) is 6.82. The Labute approximate surface area is 87.1 Å². The van der Waals surface area contributed by atoms with Crippen molar-refractivity contribution in [2.45, 2.75) is 57.2 Å². The van der Waals surface area contributed by atoms with E-state index >= 15 is 0 Å². The van der Waals surface area contributed by atoms with Crippen molar-refractivity contribution >= 4 is 11.8 Å². The van der Waals surface area contributed by atoms with Crippen molar-refractivity contribution in [1.82, 2.24) is 5.32 Å². The molecular formula is C11H23NS. The Morgan fingerprint density at radius 1 is 1.31 bits per heavy atom. The van der Waals surface area contributed by atoms with Gasteiger partial charge in [-0.05, 0) is 31.6 Å². The third-order valence-electron chi connectivity index (χ3n) is 2.41. The summed E-state index contributed by atoms with van der Waals surface area (Å²) in [4.78, 5) is 0.